The van der Waals surface area contributed by atoms with E-state index in [1.165, 1.54) is 17.3 Å². The van der Waals surface area contributed by atoms with Crippen molar-refractivity contribution >= 4 is 29.4 Å². The summed E-state index contributed by atoms with van der Waals surface area (Å²) < 4.78 is 5.25. The van der Waals surface area contributed by atoms with Crippen LogP contribution in [0.15, 0.2) is 75.9 Å². The molecule has 0 saturated carbocycles. The van der Waals surface area contributed by atoms with E-state index in [0.717, 1.165) is 26.3 Å². The van der Waals surface area contributed by atoms with E-state index in [1.807, 2.05) is 43.3 Å². The maximum atomic E-state index is 12.5. The first-order valence-electron chi connectivity index (χ1n) is 9.17. The zero-order chi connectivity index (χ0) is 20.6. The molecule has 3 aromatic rings. The van der Waals surface area contributed by atoms with Gasteiger partial charge in [-0.1, -0.05) is 53.9 Å². The molecule has 0 spiro atoms. The highest BCUT2D eigenvalue weighted by molar-refractivity contribution is 8.02. The smallest absolute Gasteiger partial charge is 0.230 e. The van der Waals surface area contributed by atoms with Gasteiger partial charge in [-0.25, -0.2) is 9.97 Å². The molecule has 1 heterocycles. The van der Waals surface area contributed by atoms with Crippen molar-refractivity contribution in [3.8, 4) is 5.75 Å². The summed E-state index contributed by atoms with van der Waals surface area (Å²) in [6.07, 6.45) is 3.33. The lowest BCUT2D eigenvalue weighted by molar-refractivity contribution is -0.119. The van der Waals surface area contributed by atoms with Gasteiger partial charge in [0.25, 0.3) is 0 Å². The van der Waals surface area contributed by atoms with Crippen molar-refractivity contribution in [2.75, 3.05) is 12.9 Å². The second kappa shape index (κ2) is 10.3. The van der Waals surface area contributed by atoms with Crippen LogP contribution < -0.4 is 10.1 Å². The zero-order valence-electron chi connectivity index (χ0n) is 16.6. The van der Waals surface area contributed by atoms with Crippen molar-refractivity contribution in [2.24, 2.45) is 0 Å². The molecule has 0 unspecified atom stereocenters. The number of hydrogen-bond donors (Lipinski definition) is 1. The van der Waals surface area contributed by atoms with E-state index in [9.17, 15) is 4.79 Å². The molecule has 3 rings (SSSR count). The number of benzene rings is 2. The average Bonchev–Trinajstić information content (AvgIpc) is 2.74. The van der Waals surface area contributed by atoms with E-state index in [2.05, 4.69) is 34.3 Å². The molecule has 0 radical (unpaired) electrons. The topological polar surface area (TPSA) is 64.1 Å². The molecule has 0 saturated heterocycles. The first-order valence-corrected chi connectivity index (χ1v) is 11.0. The fraction of sp³-hybridized carbons (Fsp3) is 0.227. The van der Waals surface area contributed by atoms with Gasteiger partial charge < -0.3 is 10.1 Å². The van der Waals surface area contributed by atoms with Gasteiger partial charge in [-0.15, -0.1) is 0 Å². The molecule has 0 aliphatic heterocycles. The number of methoxy groups -OCH3 is 1. The Balaban J connectivity index is 1.61. The Kier molecular flexibility index (Phi) is 7.55. The number of aryl methyl sites for hydroxylation is 1. The first kappa shape index (κ1) is 21.2. The van der Waals surface area contributed by atoms with Crippen LogP contribution >= 0.6 is 23.5 Å². The van der Waals surface area contributed by atoms with Gasteiger partial charge in [0, 0.05) is 17.3 Å². The number of thioether (sulfide) groups is 1. The molecular weight excluding hydrogens is 402 g/mol. The van der Waals surface area contributed by atoms with Gasteiger partial charge in [-0.2, -0.15) is 0 Å². The minimum atomic E-state index is -0.110. The second-order valence-electron chi connectivity index (χ2n) is 6.39. The molecule has 2 aromatic carbocycles. The molecule has 5 nitrogen and oxygen atoms in total. The van der Waals surface area contributed by atoms with Gasteiger partial charge in [0.05, 0.1) is 18.9 Å². The first-order chi connectivity index (χ1) is 14.1. The third-order valence-electron chi connectivity index (χ3n) is 4.24. The maximum absolute atomic E-state index is 12.5. The Bertz CT molecular complexity index is 982. The molecule has 0 aliphatic carbocycles. The number of hydrogen-bond acceptors (Lipinski definition) is 6. The van der Waals surface area contributed by atoms with Gasteiger partial charge in [-0.3, -0.25) is 4.79 Å². The predicted octanol–water partition coefficient (Wildman–Crippen LogP) is 4.91. The monoisotopic (exact) mass is 425 g/mol. The highest BCUT2D eigenvalue weighted by Gasteiger charge is 2.14. The third-order valence-corrected chi connectivity index (χ3v) is 6.52. The van der Waals surface area contributed by atoms with Gasteiger partial charge >= 0.3 is 0 Å². The Labute approximate surface area is 179 Å². The van der Waals surface area contributed by atoms with Crippen LogP contribution in [-0.2, 0) is 4.79 Å². The zero-order valence-corrected chi connectivity index (χ0v) is 18.2. The normalized spacial score (nSPS) is 11.7. The Morgan fingerprint density at radius 3 is 2.62 bits per heavy atom. The largest absolute Gasteiger partial charge is 0.497 e. The second-order valence-corrected chi connectivity index (χ2v) is 8.38. The quantitative estimate of drug-likeness (QED) is 0.517. The molecule has 150 valence electrons. The summed E-state index contributed by atoms with van der Waals surface area (Å²) in [7, 11) is 1.63. The van der Waals surface area contributed by atoms with Crippen molar-refractivity contribution in [1.82, 2.24) is 15.3 Å². The van der Waals surface area contributed by atoms with Crippen LogP contribution in [0.5, 0.6) is 5.75 Å². The van der Waals surface area contributed by atoms with Crippen LogP contribution in [0.1, 0.15) is 24.1 Å². The SMILES string of the molecule is COc1cccc([C@H](C)NC(=O)CSc2nccnc2Sc2ccccc2C)c1. The number of amides is 1. The van der Waals surface area contributed by atoms with Crippen molar-refractivity contribution in [2.45, 2.75) is 34.8 Å². The van der Waals surface area contributed by atoms with Crippen molar-refractivity contribution in [3.05, 3.63) is 72.1 Å². The van der Waals surface area contributed by atoms with E-state index < -0.39 is 0 Å². The van der Waals surface area contributed by atoms with E-state index in [4.69, 9.17) is 4.74 Å². The molecule has 1 aromatic heterocycles. The highest BCUT2D eigenvalue weighted by Crippen LogP contribution is 2.34. The molecule has 29 heavy (non-hydrogen) atoms. The summed E-state index contributed by atoms with van der Waals surface area (Å²) in [6, 6.07) is 15.7. The van der Waals surface area contributed by atoms with Gasteiger partial charge in [-0.05, 0) is 43.2 Å². The molecule has 1 amide bonds. The van der Waals surface area contributed by atoms with Crippen molar-refractivity contribution < 1.29 is 9.53 Å². The minimum absolute atomic E-state index is 0.0529. The molecule has 1 atom stereocenters. The molecule has 1 N–H and O–H groups in total. The van der Waals surface area contributed by atoms with Crippen LogP contribution in [0.4, 0.5) is 0 Å². The number of nitrogens with zero attached hydrogens (tertiary/aromatic N) is 2. The maximum Gasteiger partial charge on any atom is 0.230 e. The lowest BCUT2D eigenvalue weighted by Gasteiger charge is -2.15. The number of ether oxygens (including phenoxy) is 1. The summed E-state index contributed by atoms with van der Waals surface area (Å²) in [6.45, 7) is 4.03. The summed E-state index contributed by atoms with van der Waals surface area (Å²) >= 11 is 2.96. The standard InChI is InChI=1S/C22H23N3O2S2/c1-15-7-4-5-10-19(15)29-22-21(23-11-12-24-22)28-14-20(26)25-16(2)17-8-6-9-18(13-17)27-3/h4-13,16H,14H2,1-3H3,(H,25,26)/t16-/m0/s1. The molecule has 0 fully saturated rings. The number of carbonyl (C=O) groups excluding carboxylic acids is 1. The Morgan fingerprint density at radius 1 is 1.10 bits per heavy atom. The number of rotatable bonds is 8. The number of carbonyl (C=O) groups is 1. The number of nitrogens with one attached hydrogen (secondary N) is 1. The fourth-order valence-corrected chi connectivity index (χ4v) is 4.47. The Morgan fingerprint density at radius 2 is 1.86 bits per heavy atom. The van der Waals surface area contributed by atoms with Crippen LogP contribution in [0.25, 0.3) is 0 Å². The van der Waals surface area contributed by atoms with Crippen LogP contribution in [0.2, 0.25) is 0 Å². The Hall–Kier alpha value is -2.51. The van der Waals surface area contributed by atoms with Gasteiger partial charge in [0.1, 0.15) is 15.8 Å². The van der Waals surface area contributed by atoms with E-state index in [-0.39, 0.29) is 17.7 Å². The van der Waals surface area contributed by atoms with Crippen molar-refractivity contribution in [1.29, 1.82) is 0 Å². The average molecular weight is 426 g/mol. The summed E-state index contributed by atoms with van der Waals surface area (Å²) in [5, 5.41) is 4.59. The summed E-state index contributed by atoms with van der Waals surface area (Å²) in [4.78, 5) is 22.5. The van der Waals surface area contributed by atoms with E-state index >= 15 is 0 Å². The fourth-order valence-electron chi connectivity index (χ4n) is 2.67. The van der Waals surface area contributed by atoms with Crippen LogP contribution in [-0.4, -0.2) is 28.7 Å². The van der Waals surface area contributed by atoms with Crippen LogP contribution in [0, 0.1) is 6.92 Å². The van der Waals surface area contributed by atoms with Crippen molar-refractivity contribution in [3.63, 3.8) is 0 Å². The van der Waals surface area contributed by atoms with E-state index in [1.54, 1.807) is 31.3 Å². The molecule has 0 aliphatic rings. The lowest BCUT2D eigenvalue weighted by Crippen LogP contribution is -2.28. The van der Waals surface area contributed by atoms with Gasteiger partial charge in [0.2, 0.25) is 5.91 Å². The predicted molar refractivity (Wildman–Crippen MR) is 118 cm³/mol. The lowest BCUT2D eigenvalue weighted by atomic mass is 10.1. The minimum Gasteiger partial charge on any atom is -0.497 e. The molecule has 7 heteroatoms. The van der Waals surface area contributed by atoms with E-state index in [0.29, 0.717) is 0 Å². The molecule has 0 bridgehead atoms. The number of aromatic nitrogens is 2. The third kappa shape index (κ3) is 5.98. The molecular formula is C22H23N3O2S2. The van der Waals surface area contributed by atoms with Gasteiger partial charge in [0.15, 0.2) is 0 Å². The summed E-state index contributed by atoms with van der Waals surface area (Å²) in [5.74, 6) is 0.993. The highest BCUT2D eigenvalue weighted by atomic mass is 32.2. The van der Waals surface area contributed by atoms with Crippen LogP contribution in [0.3, 0.4) is 0 Å². The summed E-state index contributed by atoms with van der Waals surface area (Å²) in [5.41, 5.74) is 2.18.